The third-order valence-corrected chi connectivity index (χ3v) is 4.29. The van der Waals surface area contributed by atoms with E-state index in [2.05, 4.69) is 5.32 Å². The molecule has 0 fully saturated rings. The van der Waals surface area contributed by atoms with E-state index in [4.69, 9.17) is 27.2 Å². The van der Waals surface area contributed by atoms with Crippen LogP contribution < -0.4 is 11.1 Å². The lowest BCUT2D eigenvalue weighted by Gasteiger charge is -2.05. The summed E-state index contributed by atoms with van der Waals surface area (Å²) < 4.78 is 6.02. The minimum atomic E-state index is -0.188. The maximum atomic E-state index is 12.1. The van der Waals surface area contributed by atoms with Gasteiger partial charge in [-0.05, 0) is 24.6 Å². The predicted molar refractivity (Wildman–Crippen MR) is 86.1 cm³/mol. The molecular formula is C14H17ClN2O3S. The topological polar surface area (TPSA) is 84.6 Å². The Morgan fingerprint density at radius 3 is 3.00 bits per heavy atom. The monoisotopic (exact) mass is 328 g/mol. The standard InChI is InChI=1S/C14H17ClN2O3S/c15-9-2-3-10-11(8-9)21-13(12(10)16)14(19)17-4-1-6-20-7-5-18/h2-3,8,18H,1,4-7,16H2,(H,17,19). The molecule has 2 rings (SSSR count). The summed E-state index contributed by atoms with van der Waals surface area (Å²) in [5, 5.41) is 12.8. The first-order chi connectivity index (χ1) is 10.1. The first-order valence-electron chi connectivity index (χ1n) is 6.58. The van der Waals surface area contributed by atoms with E-state index in [1.807, 2.05) is 6.07 Å². The fraction of sp³-hybridized carbons (Fsp3) is 0.357. The van der Waals surface area contributed by atoms with Crippen molar-refractivity contribution in [2.75, 3.05) is 32.1 Å². The Kier molecular flexibility index (Phi) is 5.81. The molecule has 0 saturated heterocycles. The Morgan fingerprint density at radius 1 is 1.43 bits per heavy atom. The average Bonchev–Trinajstić information content (AvgIpc) is 2.79. The van der Waals surface area contributed by atoms with Crippen molar-refractivity contribution in [3.05, 3.63) is 28.1 Å². The van der Waals surface area contributed by atoms with Crippen molar-refractivity contribution >= 4 is 44.6 Å². The zero-order chi connectivity index (χ0) is 15.2. The number of halogens is 1. The summed E-state index contributed by atoms with van der Waals surface area (Å²) in [6.07, 6.45) is 0.683. The van der Waals surface area contributed by atoms with Crippen molar-refractivity contribution in [1.29, 1.82) is 0 Å². The Morgan fingerprint density at radius 2 is 2.24 bits per heavy atom. The van der Waals surface area contributed by atoms with E-state index in [0.29, 0.717) is 41.8 Å². The molecule has 0 atom stereocenters. The van der Waals surface area contributed by atoms with Gasteiger partial charge in [-0.1, -0.05) is 11.6 Å². The van der Waals surface area contributed by atoms with Crippen molar-refractivity contribution < 1.29 is 14.6 Å². The number of amides is 1. The summed E-state index contributed by atoms with van der Waals surface area (Å²) >= 11 is 7.27. The number of fused-ring (bicyclic) bond motifs is 1. The molecule has 114 valence electrons. The van der Waals surface area contributed by atoms with Crippen molar-refractivity contribution in [3.63, 3.8) is 0 Å². The first-order valence-corrected chi connectivity index (χ1v) is 7.77. The summed E-state index contributed by atoms with van der Waals surface area (Å²) in [7, 11) is 0. The van der Waals surface area contributed by atoms with Gasteiger partial charge in [0.05, 0.1) is 18.9 Å². The number of carbonyl (C=O) groups is 1. The number of anilines is 1. The SMILES string of the molecule is Nc1c(C(=O)NCCCOCCO)sc2cc(Cl)ccc12. The first kappa shape index (κ1) is 16.0. The second-order valence-electron chi connectivity index (χ2n) is 4.43. The van der Waals surface area contributed by atoms with E-state index >= 15 is 0 Å². The number of nitrogen functional groups attached to an aromatic ring is 1. The summed E-state index contributed by atoms with van der Waals surface area (Å²) in [6.45, 7) is 1.32. The largest absolute Gasteiger partial charge is 0.397 e. The molecule has 0 bridgehead atoms. The van der Waals surface area contributed by atoms with Crippen LogP contribution in [0.3, 0.4) is 0 Å². The maximum absolute atomic E-state index is 12.1. The molecule has 1 amide bonds. The number of rotatable bonds is 7. The van der Waals surface area contributed by atoms with E-state index in [9.17, 15) is 4.79 Å². The number of aliphatic hydroxyl groups excluding tert-OH is 1. The van der Waals surface area contributed by atoms with Crippen LogP contribution in [0, 0.1) is 0 Å². The van der Waals surface area contributed by atoms with Crippen LogP contribution in [0.15, 0.2) is 18.2 Å². The number of benzene rings is 1. The van der Waals surface area contributed by atoms with Crippen LogP contribution in [0.25, 0.3) is 10.1 Å². The van der Waals surface area contributed by atoms with Gasteiger partial charge in [-0.15, -0.1) is 11.3 Å². The summed E-state index contributed by atoms with van der Waals surface area (Å²) in [5.41, 5.74) is 6.50. The number of nitrogens with one attached hydrogen (secondary N) is 1. The van der Waals surface area contributed by atoms with Gasteiger partial charge in [0.1, 0.15) is 4.88 Å². The van der Waals surface area contributed by atoms with E-state index in [1.54, 1.807) is 12.1 Å². The molecule has 21 heavy (non-hydrogen) atoms. The van der Waals surface area contributed by atoms with Crippen LogP contribution >= 0.6 is 22.9 Å². The third-order valence-electron chi connectivity index (χ3n) is 2.88. The van der Waals surface area contributed by atoms with Gasteiger partial charge in [0.2, 0.25) is 0 Å². The minimum Gasteiger partial charge on any atom is -0.397 e. The molecule has 0 aliphatic heterocycles. The Hall–Kier alpha value is -1.34. The molecule has 0 unspecified atom stereocenters. The molecule has 0 aliphatic rings. The molecule has 1 aromatic heterocycles. The van der Waals surface area contributed by atoms with Gasteiger partial charge in [0.25, 0.3) is 5.91 Å². The van der Waals surface area contributed by atoms with Gasteiger partial charge in [-0.25, -0.2) is 0 Å². The van der Waals surface area contributed by atoms with E-state index in [0.717, 1.165) is 10.1 Å². The zero-order valence-electron chi connectivity index (χ0n) is 11.4. The summed E-state index contributed by atoms with van der Waals surface area (Å²) in [4.78, 5) is 12.6. The lowest BCUT2D eigenvalue weighted by Crippen LogP contribution is -2.25. The lowest BCUT2D eigenvalue weighted by atomic mass is 10.2. The quantitative estimate of drug-likeness (QED) is 0.681. The van der Waals surface area contributed by atoms with Crippen molar-refractivity contribution in [1.82, 2.24) is 5.32 Å². The van der Waals surface area contributed by atoms with Gasteiger partial charge in [0.15, 0.2) is 0 Å². The maximum Gasteiger partial charge on any atom is 0.263 e. The number of thiophene rings is 1. The number of aliphatic hydroxyl groups is 1. The van der Waals surface area contributed by atoms with Crippen LogP contribution in [0.4, 0.5) is 5.69 Å². The highest BCUT2D eigenvalue weighted by atomic mass is 35.5. The number of ether oxygens (including phenoxy) is 1. The molecule has 1 heterocycles. The summed E-state index contributed by atoms with van der Waals surface area (Å²) in [5.74, 6) is -0.188. The van der Waals surface area contributed by atoms with Crippen LogP contribution in [0.5, 0.6) is 0 Å². The molecule has 1 aromatic carbocycles. The zero-order valence-corrected chi connectivity index (χ0v) is 13.0. The normalized spacial score (nSPS) is 11.0. The van der Waals surface area contributed by atoms with Crippen molar-refractivity contribution in [2.45, 2.75) is 6.42 Å². The molecule has 5 nitrogen and oxygen atoms in total. The summed E-state index contributed by atoms with van der Waals surface area (Å²) in [6, 6.07) is 5.38. The predicted octanol–water partition coefficient (Wildman–Crippen LogP) is 2.27. The molecule has 0 saturated carbocycles. The van der Waals surface area contributed by atoms with Gasteiger partial charge in [-0.2, -0.15) is 0 Å². The van der Waals surface area contributed by atoms with Crippen molar-refractivity contribution in [3.8, 4) is 0 Å². The van der Waals surface area contributed by atoms with Gasteiger partial charge < -0.3 is 20.9 Å². The van der Waals surface area contributed by atoms with Gasteiger partial charge >= 0.3 is 0 Å². The number of hydrogen-bond acceptors (Lipinski definition) is 5. The Labute approximate surface area is 131 Å². The van der Waals surface area contributed by atoms with E-state index < -0.39 is 0 Å². The fourth-order valence-corrected chi connectivity index (χ4v) is 3.20. The van der Waals surface area contributed by atoms with Crippen molar-refractivity contribution in [2.24, 2.45) is 0 Å². The second-order valence-corrected chi connectivity index (χ2v) is 5.92. The molecule has 0 radical (unpaired) electrons. The third kappa shape index (κ3) is 4.07. The molecule has 4 N–H and O–H groups in total. The second kappa shape index (κ2) is 7.61. The Balaban J connectivity index is 1.95. The van der Waals surface area contributed by atoms with Crippen LogP contribution in [0.1, 0.15) is 16.1 Å². The highest BCUT2D eigenvalue weighted by molar-refractivity contribution is 7.21. The van der Waals surface area contributed by atoms with Crippen LogP contribution in [0.2, 0.25) is 5.02 Å². The van der Waals surface area contributed by atoms with Crippen LogP contribution in [-0.2, 0) is 4.74 Å². The fourth-order valence-electron chi connectivity index (χ4n) is 1.88. The number of nitrogens with two attached hydrogens (primary N) is 1. The highest BCUT2D eigenvalue weighted by Crippen LogP contribution is 2.35. The Bertz CT molecular complexity index is 630. The average molecular weight is 329 g/mol. The molecule has 0 spiro atoms. The number of carbonyl (C=O) groups excluding carboxylic acids is 1. The van der Waals surface area contributed by atoms with Gasteiger partial charge in [0, 0.05) is 28.3 Å². The van der Waals surface area contributed by atoms with Crippen LogP contribution in [-0.4, -0.2) is 37.4 Å². The van der Waals surface area contributed by atoms with E-state index in [1.165, 1.54) is 11.3 Å². The molecular weight excluding hydrogens is 312 g/mol. The van der Waals surface area contributed by atoms with Gasteiger partial charge in [-0.3, -0.25) is 4.79 Å². The molecule has 0 aliphatic carbocycles. The molecule has 2 aromatic rings. The minimum absolute atomic E-state index is 0.00718. The lowest BCUT2D eigenvalue weighted by molar-refractivity contribution is 0.0869. The molecule has 7 heteroatoms. The highest BCUT2D eigenvalue weighted by Gasteiger charge is 2.16. The smallest absolute Gasteiger partial charge is 0.263 e. The number of hydrogen-bond donors (Lipinski definition) is 3. The van der Waals surface area contributed by atoms with E-state index in [-0.39, 0.29) is 12.5 Å².